The predicted octanol–water partition coefficient (Wildman–Crippen LogP) is 0.264. The van der Waals surface area contributed by atoms with E-state index in [0.29, 0.717) is 6.61 Å². The molecule has 0 aliphatic carbocycles. The van der Waals surface area contributed by atoms with Crippen LogP contribution in [0.15, 0.2) is 0 Å². The molecule has 0 heterocycles. The Morgan fingerprint density at radius 2 is 2.06 bits per heavy atom. The van der Waals surface area contributed by atoms with Crippen molar-refractivity contribution >= 4 is 5.91 Å². The lowest BCUT2D eigenvalue weighted by Gasteiger charge is -2.23. The standard InChI is InChI=1S/C12H26N2O3/c1-12(2,3)6-9(13)5-11(16)14-10(7-15)8-17-4/h9-10,15H,5-8,13H2,1-4H3,(H,14,16). The molecule has 17 heavy (non-hydrogen) atoms. The van der Waals surface area contributed by atoms with Gasteiger partial charge in [-0.15, -0.1) is 0 Å². The largest absolute Gasteiger partial charge is 0.394 e. The molecular formula is C12H26N2O3. The molecule has 0 aromatic carbocycles. The quantitative estimate of drug-likeness (QED) is 0.602. The minimum absolute atomic E-state index is 0.114. The lowest BCUT2D eigenvalue weighted by atomic mass is 9.87. The van der Waals surface area contributed by atoms with Crippen LogP contribution >= 0.6 is 0 Å². The van der Waals surface area contributed by atoms with Crippen LogP contribution in [0.3, 0.4) is 0 Å². The van der Waals surface area contributed by atoms with Gasteiger partial charge in [-0.25, -0.2) is 0 Å². The maximum atomic E-state index is 11.6. The van der Waals surface area contributed by atoms with Crippen molar-refractivity contribution in [2.75, 3.05) is 20.3 Å². The van der Waals surface area contributed by atoms with Crippen LogP contribution in [0.1, 0.15) is 33.6 Å². The van der Waals surface area contributed by atoms with Gasteiger partial charge in [-0.05, 0) is 11.8 Å². The monoisotopic (exact) mass is 246 g/mol. The molecule has 0 aliphatic heterocycles. The summed E-state index contributed by atoms with van der Waals surface area (Å²) < 4.78 is 4.88. The number of aliphatic hydroxyl groups excluding tert-OH is 1. The van der Waals surface area contributed by atoms with Gasteiger partial charge in [-0.1, -0.05) is 20.8 Å². The van der Waals surface area contributed by atoms with Crippen molar-refractivity contribution in [3.05, 3.63) is 0 Å². The number of methoxy groups -OCH3 is 1. The van der Waals surface area contributed by atoms with Gasteiger partial charge in [0.15, 0.2) is 0 Å². The number of rotatable bonds is 7. The van der Waals surface area contributed by atoms with Crippen molar-refractivity contribution in [3.8, 4) is 0 Å². The van der Waals surface area contributed by atoms with Gasteiger partial charge < -0.3 is 20.9 Å². The molecular weight excluding hydrogens is 220 g/mol. The second kappa shape index (κ2) is 7.63. The second-order valence-electron chi connectivity index (χ2n) is 5.63. The normalized spacial score (nSPS) is 15.4. The Bertz CT molecular complexity index is 226. The number of hydrogen-bond acceptors (Lipinski definition) is 4. The maximum absolute atomic E-state index is 11.6. The van der Waals surface area contributed by atoms with E-state index in [4.69, 9.17) is 15.6 Å². The van der Waals surface area contributed by atoms with E-state index in [1.807, 2.05) is 0 Å². The Morgan fingerprint density at radius 1 is 1.47 bits per heavy atom. The summed E-state index contributed by atoms with van der Waals surface area (Å²) >= 11 is 0. The number of carbonyl (C=O) groups is 1. The lowest BCUT2D eigenvalue weighted by Crippen LogP contribution is -2.43. The van der Waals surface area contributed by atoms with E-state index in [1.165, 1.54) is 7.11 Å². The smallest absolute Gasteiger partial charge is 0.221 e. The van der Waals surface area contributed by atoms with Crippen molar-refractivity contribution in [1.29, 1.82) is 0 Å². The second-order valence-corrected chi connectivity index (χ2v) is 5.63. The number of ether oxygens (including phenoxy) is 1. The van der Waals surface area contributed by atoms with Gasteiger partial charge in [0.1, 0.15) is 0 Å². The van der Waals surface area contributed by atoms with Crippen molar-refractivity contribution in [2.24, 2.45) is 11.1 Å². The number of carbonyl (C=O) groups excluding carboxylic acids is 1. The molecule has 2 unspecified atom stereocenters. The molecule has 0 saturated carbocycles. The fraction of sp³-hybridized carbons (Fsp3) is 0.917. The highest BCUT2D eigenvalue weighted by Crippen LogP contribution is 2.20. The maximum Gasteiger partial charge on any atom is 0.221 e. The van der Waals surface area contributed by atoms with Crippen LogP contribution in [0.25, 0.3) is 0 Å². The molecule has 0 aromatic rings. The molecule has 0 aromatic heterocycles. The molecule has 2 atom stereocenters. The molecule has 0 aliphatic rings. The van der Waals surface area contributed by atoms with E-state index >= 15 is 0 Å². The first-order valence-corrected chi connectivity index (χ1v) is 5.93. The SMILES string of the molecule is COCC(CO)NC(=O)CC(N)CC(C)(C)C. The van der Waals surface area contributed by atoms with E-state index in [-0.39, 0.29) is 36.4 Å². The lowest BCUT2D eigenvalue weighted by molar-refractivity contribution is -0.123. The number of nitrogens with two attached hydrogens (primary N) is 1. The van der Waals surface area contributed by atoms with Crippen LogP contribution in [0.5, 0.6) is 0 Å². The number of hydrogen-bond donors (Lipinski definition) is 3. The van der Waals surface area contributed by atoms with Gasteiger partial charge in [0.2, 0.25) is 5.91 Å². The topological polar surface area (TPSA) is 84.6 Å². The Kier molecular flexibility index (Phi) is 7.34. The molecule has 5 nitrogen and oxygen atoms in total. The highest BCUT2D eigenvalue weighted by Gasteiger charge is 2.19. The molecule has 1 amide bonds. The van der Waals surface area contributed by atoms with Crippen molar-refractivity contribution < 1.29 is 14.6 Å². The Hall–Kier alpha value is -0.650. The van der Waals surface area contributed by atoms with Gasteiger partial charge >= 0.3 is 0 Å². The number of nitrogens with one attached hydrogen (secondary N) is 1. The average molecular weight is 246 g/mol. The summed E-state index contributed by atoms with van der Waals surface area (Å²) in [4.78, 5) is 11.6. The summed E-state index contributed by atoms with van der Waals surface area (Å²) in [5, 5.41) is 11.7. The Labute approximate surface area is 104 Å². The molecule has 0 rings (SSSR count). The first-order chi connectivity index (χ1) is 7.78. The van der Waals surface area contributed by atoms with Crippen LogP contribution < -0.4 is 11.1 Å². The van der Waals surface area contributed by atoms with Crippen LogP contribution in [0.4, 0.5) is 0 Å². The van der Waals surface area contributed by atoms with Gasteiger partial charge in [0, 0.05) is 19.6 Å². The van der Waals surface area contributed by atoms with E-state index < -0.39 is 0 Å². The van der Waals surface area contributed by atoms with Gasteiger partial charge in [-0.3, -0.25) is 4.79 Å². The third-order valence-electron chi connectivity index (χ3n) is 2.28. The number of amides is 1. The zero-order chi connectivity index (χ0) is 13.5. The van der Waals surface area contributed by atoms with Crippen LogP contribution in [0.2, 0.25) is 0 Å². The Morgan fingerprint density at radius 3 is 2.47 bits per heavy atom. The minimum Gasteiger partial charge on any atom is -0.394 e. The van der Waals surface area contributed by atoms with Crippen LogP contribution in [-0.4, -0.2) is 43.4 Å². The number of aliphatic hydroxyl groups is 1. The van der Waals surface area contributed by atoms with Gasteiger partial charge in [0.05, 0.1) is 19.3 Å². The third kappa shape index (κ3) is 9.09. The zero-order valence-electron chi connectivity index (χ0n) is 11.3. The summed E-state index contributed by atoms with van der Waals surface area (Å²) in [6, 6.07) is -0.508. The van der Waals surface area contributed by atoms with Crippen molar-refractivity contribution in [1.82, 2.24) is 5.32 Å². The van der Waals surface area contributed by atoms with E-state index in [2.05, 4.69) is 26.1 Å². The van der Waals surface area contributed by atoms with Crippen molar-refractivity contribution in [2.45, 2.75) is 45.7 Å². The third-order valence-corrected chi connectivity index (χ3v) is 2.28. The molecule has 0 fully saturated rings. The molecule has 0 bridgehead atoms. The van der Waals surface area contributed by atoms with Crippen molar-refractivity contribution in [3.63, 3.8) is 0 Å². The van der Waals surface area contributed by atoms with Gasteiger partial charge in [0.25, 0.3) is 0 Å². The molecule has 102 valence electrons. The average Bonchev–Trinajstić information content (AvgIpc) is 2.13. The predicted molar refractivity (Wildman–Crippen MR) is 67.6 cm³/mol. The molecule has 5 heteroatoms. The first-order valence-electron chi connectivity index (χ1n) is 5.93. The van der Waals surface area contributed by atoms with E-state index in [9.17, 15) is 4.79 Å². The first kappa shape index (κ1) is 16.4. The molecule has 0 spiro atoms. The molecule has 0 saturated heterocycles. The summed E-state index contributed by atoms with van der Waals surface area (Å²) in [5.74, 6) is -0.141. The highest BCUT2D eigenvalue weighted by atomic mass is 16.5. The summed E-state index contributed by atoms with van der Waals surface area (Å²) in [5.41, 5.74) is 6.01. The van der Waals surface area contributed by atoms with Gasteiger partial charge in [-0.2, -0.15) is 0 Å². The van der Waals surface area contributed by atoms with E-state index in [1.54, 1.807) is 0 Å². The fourth-order valence-corrected chi connectivity index (χ4v) is 1.72. The highest BCUT2D eigenvalue weighted by molar-refractivity contribution is 5.76. The molecule has 4 N–H and O–H groups in total. The zero-order valence-corrected chi connectivity index (χ0v) is 11.3. The summed E-state index contributed by atoms with van der Waals surface area (Å²) in [7, 11) is 1.53. The van der Waals surface area contributed by atoms with Crippen LogP contribution in [-0.2, 0) is 9.53 Å². The fourth-order valence-electron chi connectivity index (χ4n) is 1.72. The van der Waals surface area contributed by atoms with E-state index in [0.717, 1.165) is 6.42 Å². The Balaban J connectivity index is 3.99. The minimum atomic E-state index is -0.352. The van der Waals surface area contributed by atoms with Crippen LogP contribution in [0, 0.1) is 5.41 Å². The summed E-state index contributed by atoms with van der Waals surface area (Å²) in [6.45, 7) is 6.44. The summed E-state index contributed by atoms with van der Waals surface area (Å²) in [6.07, 6.45) is 1.06. The molecule has 0 radical (unpaired) electrons.